The Morgan fingerprint density at radius 3 is 2.45 bits per heavy atom. The molecule has 0 aliphatic heterocycles. The van der Waals surface area contributed by atoms with E-state index in [1.165, 1.54) is 4.90 Å². The van der Waals surface area contributed by atoms with Crippen molar-refractivity contribution < 1.29 is 14.7 Å². The van der Waals surface area contributed by atoms with Crippen LogP contribution in [0, 0.1) is 0 Å². The zero-order valence-corrected chi connectivity index (χ0v) is 12.6. The lowest BCUT2D eigenvalue weighted by Gasteiger charge is -2.30. The summed E-state index contributed by atoms with van der Waals surface area (Å²) in [6.45, 7) is 2.05. The average Bonchev–Trinajstić information content (AvgIpc) is 2.42. The molecule has 0 saturated carbocycles. The fourth-order valence-electron chi connectivity index (χ4n) is 1.82. The summed E-state index contributed by atoms with van der Waals surface area (Å²) in [5.74, 6) is -0.925. The number of urea groups is 1. The van der Waals surface area contributed by atoms with Crippen molar-refractivity contribution in [1.29, 1.82) is 0 Å². The number of carbonyl (C=O) groups excluding carboxylic acids is 1. The molecule has 20 heavy (non-hydrogen) atoms. The van der Waals surface area contributed by atoms with Crippen LogP contribution in [0.15, 0.2) is 24.3 Å². The maximum absolute atomic E-state index is 12.2. The van der Waals surface area contributed by atoms with Gasteiger partial charge in [-0.15, -0.1) is 0 Å². The van der Waals surface area contributed by atoms with E-state index >= 15 is 0 Å². The lowest BCUT2D eigenvalue weighted by Crippen LogP contribution is -2.41. The summed E-state index contributed by atoms with van der Waals surface area (Å²) in [4.78, 5) is 25.7. The van der Waals surface area contributed by atoms with E-state index in [0.29, 0.717) is 5.02 Å². The van der Waals surface area contributed by atoms with Gasteiger partial charge in [0.15, 0.2) is 0 Å². The van der Waals surface area contributed by atoms with Gasteiger partial charge in [-0.05, 0) is 18.6 Å². The van der Waals surface area contributed by atoms with Gasteiger partial charge >= 0.3 is 12.0 Å². The van der Waals surface area contributed by atoms with Gasteiger partial charge < -0.3 is 14.9 Å². The summed E-state index contributed by atoms with van der Waals surface area (Å²) in [7, 11) is 3.26. The van der Waals surface area contributed by atoms with Crippen LogP contribution in [0.1, 0.15) is 24.9 Å². The zero-order valence-electron chi connectivity index (χ0n) is 11.8. The Morgan fingerprint density at radius 2 is 1.90 bits per heavy atom. The maximum Gasteiger partial charge on any atom is 0.320 e. The second-order valence-corrected chi connectivity index (χ2v) is 5.06. The molecule has 0 aliphatic carbocycles. The van der Waals surface area contributed by atoms with Crippen molar-refractivity contribution in [3.63, 3.8) is 0 Å². The fourth-order valence-corrected chi connectivity index (χ4v) is 2.11. The summed E-state index contributed by atoms with van der Waals surface area (Å²) in [5, 5.41) is 9.24. The number of rotatable bonds is 5. The topological polar surface area (TPSA) is 60.9 Å². The van der Waals surface area contributed by atoms with Crippen LogP contribution in [0.2, 0.25) is 5.02 Å². The lowest BCUT2D eigenvalue weighted by atomic mass is 10.1. The van der Waals surface area contributed by atoms with Crippen molar-refractivity contribution in [3.8, 4) is 0 Å². The molecule has 5 nitrogen and oxygen atoms in total. The number of carboxylic acid groups (broad SMARTS) is 1. The van der Waals surface area contributed by atoms with Crippen molar-refractivity contribution in [2.75, 3.05) is 20.6 Å². The van der Waals surface area contributed by atoms with E-state index in [0.717, 1.165) is 5.56 Å². The van der Waals surface area contributed by atoms with Gasteiger partial charge in [0.05, 0.1) is 12.5 Å². The van der Waals surface area contributed by atoms with E-state index in [2.05, 4.69) is 0 Å². The largest absolute Gasteiger partial charge is 0.481 e. The van der Waals surface area contributed by atoms with Crippen molar-refractivity contribution in [2.45, 2.75) is 19.4 Å². The minimum atomic E-state index is -0.925. The Labute approximate surface area is 123 Å². The first-order chi connectivity index (χ1) is 9.34. The molecule has 0 aromatic heterocycles. The predicted molar refractivity (Wildman–Crippen MR) is 77.9 cm³/mol. The Kier molecular flexibility index (Phi) is 5.82. The first kappa shape index (κ1) is 16.3. The number of amides is 2. The smallest absolute Gasteiger partial charge is 0.320 e. The third-order valence-corrected chi connectivity index (χ3v) is 3.57. The number of halogens is 1. The average molecular weight is 299 g/mol. The highest BCUT2D eigenvalue weighted by Gasteiger charge is 2.22. The number of carboxylic acids is 1. The molecule has 0 spiro atoms. The quantitative estimate of drug-likeness (QED) is 0.909. The van der Waals surface area contributed by atoms with Gasteiger partial charge in [0, 0.05) is 25.7 Å². The standard InChI is InChI=1S/C14H19ClN2O3/c1-10(11-6-4-5-7-12(11)15)17(3)14(20)16(2)9-8-13(18)19/h4-7,10H,8-9H2,1-3H3,(H,18,19). The molecule has 1 aromatic carbocycles. The summed E-state index contributed by atoms with van der Waals surface area (Å²) in [6.07, 6.45) is -0.0729. The Bertz CT molecular complexity index is 493. The van der Waals surface area contributed by atoms with Gasteiger partial charge in [-0.3, -0.25) is 4.79 Å². The number of aliphatic carboxylic acids is 1. The molecule has 110 valence electrons. The number of nitrogens with zero attached hydrogens (tertiary/aromatic N) is 2. The molecule has 0 saturated heterocycles. The minimum Gasteiger partial charge on any atom is -0.481 e. The normalized spacial score (nSPS) is 11.8. The monoisotopic (exact) mass is 298 g/mol. The Hall–Kier alpha value is -1.75. The predicted octanol–water partition coefficient (Wildman–Crippen LogP) is 2.86. The SMILES string of the molecule is CC(c1ccccc1Cl)N(C)C(=O)N(C)CCC(=O)O. The van der Waals surface area contributed by atoms with Gasteiger partial charge in [-0.25, -0.2) is 4.79 Å². The number of hydrogen-bond acceptors (Lipinski definition) is 2. The highest BCUT2D eigenvalue weighted by molar-refractivity contribution is 6.31. The lowest BCUT2D eigenvalue weighted by molar-refractivity contribution is -0.137. The molecular formula is C14H19ClN2O3. The highest BCUT2D eigenvalue weighted by Crippen LogP contribution is 2.26. The fraction of sp³-hybridized carbons (Fsp3) is 0.429. The van der Waals surface area contributed by atoms with Crippen LogP contribution in [0.25, 0.3) is 0 Å². The number of carbonyl (C=O) groups is 2. The molecular weight excluding hydrogens is 280 g/mol. The van der Waals surface area contributed by atoms with Gasteiger partial charge in [0.25, 0.3) is 0 Å². The van der Waals surface area contributed by atoms with E-state index in [1.807, 2.05) is 25.1 Å². The van der Waals surface area contributed by atoms with Crippen LogP contribution >= 0.6 is 11.6 Å². The Morgan fingerprint density at radius 1 is 1.30 bits per heavy atom. The molecule has 6 heteroatoms. The molecule has 1 N–H and O–H groups in total. The van der Waals surface area contributed by atoms with Crippen LogP contribution in [0.5, 0.6) is 0 Å². The first-order valence-electron chi connectivity index (χ1n) is 6.28. The van der Waals surface area contributed by atoms with Crippen molar-refractivity contribution in [2.24, 2.45) is 0 Å². The number of benzene rings is 1. The summed E-state index contributed by atoms with van der Waals surface area (Å²) in [6, 6.07) is 6.92. The third kappa shape index (κ3) is 4.13. The maximum atomic E-state index is 12.2. The van der Waals surface area contributed by atoms with E-state index in [-0.39, 0.29) is 25.0 Å². The van der Waals surface area contributed by atoms with Crippen LogP contribution in [0.4, 0.5) is 4.79 Å². The van der Waals surface area contributed by atoms with E-state index in [1.54, 1.807) is 25.1 Å². The molecule has 1 unspecified atom stereocenters. The van der Waals surface area contributed by atoms with E-state index < -0.39 is 5.97 Å². The molecule has 0 fully saturated rings. The van der Waals surface area contributed by atoms with Gasteiger partial charge in [-0.1, -0.05) is 29.8 Å². The minimum absolute atomic E-state index is 0.0729. The van der Waals surface area contributed by atoms with Crippen LogP contribution in [-0.4, -0.2) is 47.5 Å². The van der Waals surface area contributed by atoms with Crippen molar-refractivity contribution in [1.82, 2.24) is 9.80 Å². The summed E-state index contributed by atoms with van der Waals surface area (Å²) >= 11 is 6.12. The summed E-state index contributed by atoms with van der Waals surface area (Å²) in [5.41, 5.74) is 0.858. The van der Waals surface area contributed by atoms with Crippen LogP contribution in [-0.2, 0) is 4.79 Å². The first-order valence-corrected chi connectivity index (χ1v) is 6.66. The second-order valence-electron chi connectivity index (χ2n) is 4.66. The zero-order chi connectivity index (χ0) is 15.3. The van der Waals surface area contributed by atoms with Crippen molar-refractivity contribution in [3.05, 3.63) is 34.9 Å². The Balaban J connectivity index is 2.73. The van der Waals surface area contributed by atoms with Gasteiger partial charge in [0.2, 0.25) is 0 Å². The molecule has 0 heterocycles. The molecule has 2 amide bonds. The van der Waals surface area contributed by atoms with Gasteiger partial charge in [0.1, 0.15) is 0 Å². The molecule has 1 aromatic rings. The van der Waals surface area contributed by atoms with E-state index in [9.17, 15) is 9.59 Å². The molecule has 0 aliphatic rings. The molecule has 0 bridgehead atoms. The molecule has 1 rings (SSSR count). The van der Waals surface area contributed by atoms with E-state index in [4.69, 9.17) is 16.7 Å². The van der Waals surface area contributed by atoms with Gasteiger partial charge in [-0.2, -0.15) is 0 Å². The second kappa shape index (κ2) is 7.14. The van der Waals surface area contributed by atoms with Crippen LogP contribution in [0.3, 0.4) is 0 Å². The number of hydrogen-bond donors (Lipinski definition) is 1. The molecule has 1 atom stereocenters. The third-order valence-electron chi connectivity index (χ3n) is 3.23. The molecule has 0 radical (unpaired) electrons. The summed E-state index contributed by atoms with van der Waals surface area (Å²) < 4.78 is 0. The highest BCUT2D eigenvalue weighted by atomic mass is 35.5. The van der Waals surface area contributed by atoms with Crippen LogP contribution < -0.4 is 0 Å². The van der Waals surface area contributed by atoms with Crippen molar-refractivity contribution >= 4 is 23.6 Å².